The molecule has 0 aliphatic heterocycles. The second kappa shape index (κ2) is 8.13. The third kappa shape index (κ3) is 3.70. The predicted octanol–water partition coefficient (Wildman–Crippen LogP) is 2.56. The number of hydrogen-bond donors (Lipinski definition) is 4. The molecular weight excluding hydrogens is 358 g/mol. The van der Waals surface area contributed by atoms with E-state index in [4.69, 9.17) is 9.47 Å². The summed E-state index contributed by atoms with van der Waals surface area (Å²) in [7, 11) is 3.34. The third-order valence-corrected chi connectivity index (χ3v) is 4.54. The minimum atomic E-state index is 0.543. The molecule has 0 atom stereocenters. The normalized spacial score (nSPS) is 11.2. The van der Waals surface area contributed by atoms with Gasteiger partial charge in [-0.25, -0.2) is 4.98 Å². The van der Waals surface area contributed by atoms with Crippen LogP contribution in [0, 0.1) is 0 Å². The van der Waals surface area contributed by atoms with E-state index in [1.54, 1.807) is 20.5 Å². The molecule has 4 aromatic rings. The molecule has 9 nitrogen and oxygen atoms in total. The number of nitrogens with zero attached hydrogens (tertiary/aromatic N) is 3. The number of benzene rings is 1. The second-order valence-corrected chi connectivity index (χ2v) is 6.32. The molecule has 0 fully saturated rings. The highest BCUT2D eigenvalue weighted by Gasteiger charge is 2.10. The first-order chi connectivity index (χ1) is 13.8. The number of ether oxygens (including phenoxy) is 2. The van der Waals surface area contributed by atoms with E-state index in [0.717, 1.165) is 23.2 Å². The molecule has 0 amide bonds. The lowest BCUT2D eigenvalue weighted by molar-refractivity contribution is 0.210. The van der Waals surface area contributed by atoms with Gasteiger partial charge in [0.1, 0.15) is 11.3 Å². The average Bonchev–Trinajstić information content (AvgIpc) is 3.35. The fourth-order valence-corrected chi connectivity index (χ4v) is 3.12. The zero-order chi connectivity index (χ0) is 19.3. The summed E-state index contributed by atoms with van der Waals surface area (Å²) in [6.45, 7) is 1.94. The number of imidazole rings is 1. The van der Waals surface area contributed by atoms with Crippen molar-refractivity contribution in [2.45, 2.75) is 6.42 Å². The first-order valence-electron chi connectivity index (χ1n) is 9.10. The van der Waals surface area contributed by atoms with E-state index in [1.165, 1.54) is 10.9 Å². The highest BCUT2D eigenvalue weighted by molar-refractivity contribution is 5.85. The minimum Gasteiger partial charge on any atom is -0.497 e. The number of hydrogen-bond acceptors (Lipinski definition) is 7. The van der Waals surface area contributed by atoms with Crippen LogP contribution in [0.25, 0.3) is 22.1 Å². The van der Waals surface area contributed by atoms with Gasteiger partial charge in [-0.3, -0.25) is 0 Å². The van der Waals surface area contributed by atoms with Gasteiger partial charge < -0.3 is 30.1 Å². The van der Waals surface area contributed by atoms with Crippen LogP contribution in [0.1, 0.15) is 5.56 Å². The number of H-pyrrole nitrogens is 2. The van der Waals surface area contributed by atoms with Gasteiger partial charge in [-0.15, -0.1) is 0 Å². The second-order valence-electron chi connectivity index (χ2n) is 6.32. The molecule has 0 spiro atoms. The smallest absolute Gasteiger partial charge is 0.226 e. The molecule has 28 heavy (non-hydrogen) atoms. The van der Waals surface area contributed by atoms with Crippen molar-refractivity contribution in [3.05, 3.63) is 36.3 Å². The van der Waals surface area contributed by atoms with Crippen LogP contribution in [0.2, 0.25) is 0 Å². The van der Waals surface area contributed by atoms with Crippen LogP contribution in [0.3, 0.4) is 0 Å². The number of anilines is 2. The Balaban J connectivity index is 1.45. The van der Waals surface area contributed by atoms with Gasteiger partial charge >= 0.3 is 0 Å². The molecule has 3 heterocycles. The van der Waals surface area contributed by atoms with Crippen LogP contribution in [-0.2, 0) is 11.2 Å². The maximum atomic E-state index is 5.27. The fraction of sp³-hybridized carbons (Fsp3) is 0.316. The molecule has 0 saturated carbocycles. The van der Waals surface area contributed by atoms with E-state index in [1.807, 2.05) is 18.3 Å². The predicted molar refractivity (Wildman–Crippen MR) is 109 cm³/mol. The Morgan fingerprint density at radius 1 is 1.07 bits per heavy atom. The lowest BCUT2D eigenvalue weighted by Crippen LogP contribution is -2.12. The van der Waals surface area contributed by atoms with Crippen LogP contribution in [0.4, 0.5) is 11.8 Å². The Bertz CT molecular complexity index is 1070. The number of methoxy groups -OCH3 is 2. The van der Waals surface area contributed by atoms with Gasteiger partial charge in [-0.05, 0) is 24.1 Å². The zero-order valence-electron chi connectivity index (χ0n) is 15.9. The van der Waals surface area contributed by atoms with Crippen molar-refractivity contribution in [3.63, 3.8) is 0 Å². The monoisotopic (exact) mass is 381 g/mol. The van der Waals surface area contributed by atoms with Gasteiger partial charge in [0.25, 0.3) is 0 Å². The molecule has 3 aromatic heterocycles. The van der Waals surface area contributed by atoms with Crippen molar-refractivity contribution in [1.29, 1.82) is 0 Å². The van der Waals surface area contributed by atoms with Crippen molar-refractivity contribution < 1.29 is 9.47 Å². The molecule has 0 saturated heterocycles. The van der Waals surface area contributed by atoms with Gasteiger partial charge in [0, 0.05) is 43.4 Å². The summed E-state index contributed by atoms with van der Waals surface area (Å²) in [5, 5.41) is 7.73. The Hall–Kier alpha value is -3.33. The first kappa shape index (κ1) is 18.1. The van der Waals surface area contributed by atoms with Crippen LogP contribution >= 0.6 is 0 Å². The van der Waals surface area contributed by atoms with Gasteiger partial charge in [-0.1, -0.05) is 0 Å². The topological polar surface area (TPSA) is 113 Å². The molecule has 4 rings (SSSR count). The standard InChI is InChI=1S/C19H23N7O2/c1-27-8-7-20-17-16-18(24-11-23-16)26-19(25-17)21-6-5-12-10-22-15-9-13(28-2)3-4-14(12)15/h3-4,9-11,22H,5-8H2,1-2H3,(H3,20,21,23,24,25,26). The van der Waals surface area contributed by atoms with E-state index in [2.05, 4.69) is 41.6 Å². The van der Waals surface area contributed by atoms with E-state index in [9.17, 15) is 0 Å². The van der Waals surface area contributed by atoms with E-state index < -0.39 is 0 Å². The quantitative estimate of drug-likeness (QED) is 0.330. The number of fused-ring (bicyclic) bond motifs is 2. The Morgan fingerprint density at radius 3 is 2.86 bits per heavy atom. The third-order valence-electron chi connectivity index (χ3n) is 4.54. The Kier molecular flexibility index (Phi) is 5.24. The maximum Gasteiger partial charge on any atom is 0.226 e. The summed E-state index contributed by atoms with van der Waals surface area (Å²) in [4.78, 5) is 19.6. The van der Waals surface area contributed by atoms with Gasteiger partial charge in [0.15, 0.2) is 11.5 Å². The van der Waals surface area contributed by atoms with Crippen LogP contribution in [0.15, 0.2) is 30.7 Å². The summed E-state index contributed by atoms with van der Waals surface area (Å²) in [5.41, 5.74) is 3.70. The summed E-state index contributed by atoms with van der Waals surface area (Å²) >= 11 is 0. The molecule has 146 valence electrons. The number of nitrogens with one attached hydrogen (secondary N) is 4. The Labute approximate surface area is 161 Å². The molecular formula is C19H23N7O2. The van der Waals surface area contributed by atoms with Crippen molar-refractivity contribution in [2.24, 2.45) is 0 Å². The first-order valence-corrected chi connectivity index (χ1v) is 9.10. The molecule has 0 radical (unpaired) electrons. The molecule has 9 heteroatoms. The molecule has 0 aliphatic carbocycles. The van der Waals surface area contributed by atoms with E-state index >= 15 is 0 Å². The maximum absolute atomic E-state index is 5.27. The lowest BCUT2D eigenvalue weighted by Gasteiger charge is -2.09. The number of aromatic amines is 2. The van der Waals surface area contributed by atoms with Crippen molar-refractivity contribution >= 4 is 33.8 Å². The molecule has 0 bridgehead atoms. The summed E-state index contributed by atoms with van der Waals surface area (Å²) in [6.07, 6.45) is 4.48. The minimum absolute atomic E-state index is 0.543. The van der Waals surface area contributed by atoms with Crippen molar-refractivity contribution in [1.82, 2.24) is 24.9 Å². The summed E-state index contributed by atoms with van der Waals surface area (Å²) in [5.74, 6) is 2.09. The van der Waals surface area contributed by atoms with Crippen LogP contribution < -0.4 is 15.4 Å². The zero-order valence-corrected chi connectivity index (χ0v) is 15.9. The van der Waals surface area contributed by atoms with Crippen LogP contribution in [-0.4, -0.2) is 58.8 Å². The molecule has 0 unspecified atom stereocenters. The lowest BCUT2D eigenvalue weighted by atomic mass is 10.1. The SMILES string of the molecule is COCCNc1nc(NCCc2c[nH]c3cc(OC)ccc23)nc2nc[nH]c12. The van der Waals surface area contributed by atoms with Gasteiger partial charge in [0.2, 0.25) is 5.95 Å². The highest BCUT2D eigenvalue weighted by Crippen LogP contribution is 2.24. The largest absolute Gasteiger partial charge is 0.497 e. The van der Waals surface area contributed by atoms with Crippen molar-refractivity contribution in [2.75, 3.05) is 44.5 Å². The summed E-state index contributed by atoms with van der Waals surface area (Å²) in [6, 6.07) is 6.04. The molecule has 0 aliphatic rings. The summed E-state index contributed by atoms with van der Waals surface area (Å²) < 4.78 is 10.4. The molecule has 4 N–H and O–H groups in total. The van der Waals surface area contributed by atoms with Crippen LogP contribution in [0.5, 0.6) is 5.75 Å². The van der Waals surface area contributed by atoms with Gasteiger partial charge in [0.05, 0.1) is 20.0 Å². The van der Waals surface area contributed by atoms with E-state index in [-0.39, 0.29) is 0 Å². The van der Waals surface area contributed by atoms with Gasteiger partial charge in [-0.2, -0.15) is 9.97 Å². The van der Waals surface area contributed by atoms with Crippen molar-refractivity contribution in [3.8, 4) is 5.75 Å². The fourth-order valence-electron chi connectivity index (χ4n) is 3.12. The van der Waals surface area contributed by atoms with E-state index in [0.29, 0.717) is 37.1 Å². The number of rotatable bonds is 9. The highest BCUT2D eigenvalue weighted by atomic mass is 16.5. The average molecular weight is 381 g/mol. The Morgan fingerprint density at radius 2 is 2.00 bits per heavy atom. The molecule has 1 aromatic carbocycles. The number of aromatic nitrogens is 5.